The molecule has 0 fully saturated rings. The Balaban J connectivity index is 1.67. The van der Waals surface area contributed by atoms with Crippen molar-refractivity contribution in [3.05, 3.63) is 77.7 Å². The fourth-order valence-electron chi connectivity index (χ4n) is 5.53. The maximum atomic E-state index is 6.27. The van der Waals surface area contributed by atoms with Crippen LogP contribution in [0.25, 0.3) is 55.0 Å². The van der Waals surface area contributed by atoms with E-state index >= 15 is 0 Å². The van der Waals surface area contributed by atoms with Crippen molar-refractivity contribution < 1.29 is 4.42 Å². The lowest BCUT2D eigenvalue weighted by molar-refractivity contribution is 0.638. The monoisotopic (exact) mass is 473 g/mol. The van der Waals surface area contributed by atoms with Crippen LogP contribution >= 0.6 is 0 Å². The van der Waals surface area contributed by atoms with Crippen LogP contribution in [0.5, 0.6) is 0 Å². The zero-order chi connectivity index (χ0) is 25.0. The minimum atomic E-state index is 0.553. The van der Waals surface area contributed by atoms with Crippen LogP contribution in [0.15, 0.2) is 65.2 Å². The van der Waals surface area contributed by atoms with Crippen LogP contribution in [-0.4, -0.2) is 15.0 Å². The van der Waals surface area contributed by atoms with Crippen molar-refractivity contribution >= 4 is 43.7 Å². The Morgan fingerprint density at radius 1 is 0.806 bits per heavy atom. The third-order valence-electron chi connectivity index (χ3n) is 6.84. The summed E-state index contributed by atoms with van der Waals surface area (Å²) in [6.45, 7) is 11.1. The molecule has 0 atom stereocenters. The van der Waals surface area contributed by atoms with Crippen LogP contribution in [0.4, 0.5) is 0 Å². The van der Waals surface area contributed by atoms with Crippen LogP contribution in [0.3, 0.4) is 0 Å². The lowest BCUT2D eigenvalue weighted by Crippen LogP contribution is -2.02. The molecule has 0 bridgehead atoms. The number of hydrogen-bond donors (Lipinski definition) is 0. The van der Waals surface area contributed by atoms with Gasteiger partial charge in [0.2, 0.25) is 5.71 Å². The van der Waals surface area contributed by atoms with Crippen LogP contribution in [-0.2, 0) is 12.8 Å². The molecule has 0 amide bonds. The quantitative estimate of drug-likeness (QED) is 0.236. The van der Waals surface area contributed by atoms with Crippen molar-refractivity contribution in [1.29, 1.82) is 0 Å². The van der Waals surface area contributed by atoms with Crippen molar-refractivity contribution in [2.75, 3.05) is 0 Å². The zero-order valence-corrected chi connectivity index (χ0v) is 21.6. The second-order valence-corrected chi connectivity index (χ2v) is 10.8. The van der Waals surface area contributed by atoms with Gasteiger partial charge in [0.15, 0.2) is 0 Å². The predicted molar refractivity (Wildman–Crippen MR) is 149 cm³/mol. The number of hydrogen-bond acceptors (Lipinski definition) is 4. The Labute approximate surface area is 211 Å². The molecule has 36 heavy (non-hydrogen) atoms. The van der Waals surface area contributed by atoms with E-state index in [0.29, 0.717) is 17.5 Å². The van der Waals surface area contributed by atoms with E-state index in [-0.39, 0.29) is 0 Å². The Kier molecular flexibility index (Phi) is 5.48. The molecule has 6 rings (SSSR count). The normalized spacial score (nSPS) is 12.2. The molecule has 4 heteroatoms. The van der Waals surface area contributed by atoms with Gasteiger partial charge < -0.3 is 4.42 Å². The number of para-hydroxylation sites is 1. The van der Waals surface area contributed by atoms with E-state index in [1.807, 2.05) is 13.0 Å². The number of aryl methyl sites for hydroxylation is 1. The minimum absolute atomic E-state index is 0.553. The SMILES string of the molecule is Cc1nc(-c2cccc3c2oc2ncccc23)c2ccc3cc(CC(C)C)cc(CC(C)C)c3c2n1. The fourth-order valence-corrected chi connectivity index (χ4v) is 5.53. The van der Waals surface area contributed by atoms with Gasteiger partial charge in [-0.25, -0.2) is 15.0 Å². The van der Waals surface area contributed by atoms with E-state index in [2.05, 4.69) is 81.2 Å². The van der Waals surface area contributed by atoms with Gasteiger partial charge in [-0.15, -0.1) is 0 Å². The maximum Gasteiger partial charge on any atom is 0.227 e. The molecule has 3 aromatic carbocycles. The molecule has 6 aromatic rings. The Hall–Kier alpha value is -3.79. The lowest BCUT2D eigenvalue weighted by atomic mass is 9.90. The molecule has 0 aliphatic carbocycles. The first-order chi connectivity index (χ1) is 17.4. The highest BCUT2D eigenvalue weighted by atomic mass is 16.3. The number of benzene rings is 3. The highest BCUT2D eigenvalue weighted by Crippen LogP contribution is 2.39. The zero-order valence-electron chi connectivity index (χ0n) is 21.6. The summed E-state index contributed by atoms with van der Waals surface area (Å²) >= 11 is 0. The number of aromatic nitrogens is 3. The van der Waals surface area contributed by atoms with Crippen molar-refractivity contribution in [2.24, 2.45) is 11.8 Å². The van der Waals surface area contributed by atoms with E-state index in [1.54, 1.807) is 6.20 Å². The average Bonchev–Trinajstić information content (AvgIpc) is 3.21. The van der Waals surface area contributed by atoms with Crippen LogP contribution in [0.2, 0.25) is 0 Å². The number of furan rings is 1. The summed E-state index contributed by atoms with van der Waals surface area (Å²) in [7, 11) is 0. The van der Waals surface area contributed by atoms with Gasteiger partial charge in [0.1, 0.15) is 11.4 Å². The van der Waals surface area contributed by atoms with Crippen molar-refractivity contribution in [1.82, 2.24) is 15.0 Å². The summed E-state index contributed by atoms with van der Waals surface area (Å²) in [6, 6.07) is 19.5. The molecular formula is C32H31N3O. The second kappa shape index (κ2) is 8.70. The standard InChI is InChI=1S/C32H31N3O/c1-18(2)14-21-16-22-11-12-26-29(34-20(5)35-30(26)28(22)23(17-21)15-19(3)4)27-9-6-8-24-25-10-7-13-33-32(25)36-31(24)27/h6-13,16-19H,14-15H2,1-5H3. The average molecular weight is 474 g/mol. The molecule has 3 heterocycles. The summed E-state index contributed by atoms with van der Waals surface area (Å²) in [6.07, 6.45) is 3.87. The van der Waals surface area contributed by atoms with E-state index in [4.69, 9.17) is 14.4 Å². The number of rotatable bonds is 5. The summed E-state index contributed by atoms with van der Waals surface area (Å²) in [4.78, 5) is 14.4. The fraction of sp³-hybridized carbons (Fsp3) is 0.281. The number of fused-ring (bicyclic) bond motifs is 6. The van der Waals surface area contributed by atoms with Gasteiger partial charge in [-0.05, 0) is 72.4 Å². The molecule has 0 saturated carbocycles. The summed E-state index contributed by atoms with van der Waals surface area (Å²) in [5, 5.41) is 5.63. The lowest BCUT2D eigenvalue weighted by Gasteiger charge is -2.16. The van der Waals surface area contributed by atoms with E-state index in [0.717, 1.165) is 57.2 Å². The van der Waals surface area contributed by atoms with Crippen molar-refractivity contribution in [3.8, 4) is 11.3 Å². The third-order valence-corrected chi connectivity index (χ3v) is 6.84. The van der Waals surface area contributed by atoms with Crippen molar-refractivity contribution in [3.63, 3.8) is 0 Å². The highest BCUT2D eigenvalue weighted by molar-refractivity contribution is 6.14. The molecule has 0 saturated heterocycles. The second-order valence-electron chi connectivity index (χ2n) is 10.8. The molecule has 0 aliphatic rings. The summed E-state index contributed by atoms with van der Waals surface area (Å²) < 4.78 is 6.27. The van der Waals surface area contributed by atoms with Gasteiger partial charge in [0.25, 0.3) is 0 Å². The Morgan fingerprint density at radius 2 is 1.61 bits per heavy atom. The van der Waals surface area contributed by atoms with E-state index in [9.17, 15) is 0 Å². The maximum absolute atomic E-state index is 6.27. The first-order valence-corrected chi connectivity index (χ1v) is 12.9. The highest BCUT2D eigenvalue weighted by Gasteiger charge is 2.19. The van der Waals surface area contributed by atoms with Gasteiger partial charge in [-0.3, -0.25) is 0 Å². The summed E-state index contributed by atoms with van der Waals surface area (Å²) in [5.74, 6) is 1.93. The van der Waals surface area contributed by atoms with Gasteiger partial charge >= 0.3 is 0 Å². The van der Waals surface area contributed by atoms with Gasteiger partial charge in [0, 0.05) is 33.3 Å². The molecule has 4 nitrogen and oxygen atoms in total. The largest absolute Gasteiger partial charge is 0.437 e. The molecule has 0 N–H and O–H groups in total. The topological polar surface area (TPSA) is 51.8 Å². The van der Waals surface area contributed by atoms with Crippen LogP contribution < -0.4 is 0 Å². The minimum Gasteiger partial charge on any atom is -0.437 e. The molecule has 3 aromatic heterocycles. The third kappa shape index (κ3) is 3.81. The van der Waals surface area contributed by atoms with Crippen LogP contribution in [0.1, 0.15) is 44.6 Å². The molecular weight excluding hydrogens is 442 g/mol. The molecule has 0 unspecified atom stereocenters. The Bertz CT molecular complexity index is 1760. The molecule has 0 aliphatic heterocycles. The molecule has 180 valence electrons. The number of pyridine rings is 1. The smallest absolute Gasteiger partial charge is 0.227 e. The van der Waals surface area contributed by atoms with Gasteiger partial charge in [-0.1, -0.05) is 58.0 Å². The van der Waals surface area contributed by atoms with E-state index < -0.39 is 0 Å². The summed E-state index contributed by atoms with van der Waals surface area (Å²) in [5.41, 5.74) is 7.15. The van der Waals surface area contributed by atoms with Gasteiger partial charge in [0.05, 0.1) is 11.2 Å². The van der Waals surface area contributed by atoms with E-state index in [1.165, 1.54) is 21.9 Å². The number of nitrogens with zero attached hydrogens (tertiary/aromatic N) is 3. The van der Waals surface area contributed by atoms with Crippen LogP contribution in [0, 0.1) is 18.8 Å². The van der Waals surface area contributed by atoms with Crippen molar-refractivity contribution in [2.45, 2.75) is 47.5 Å². The first-order valence-electron chi connectivity index (χ1n) is 12.9. The first kappa shape index (κ1) is 22.7. The Morgan fingerprint density at radius 3 is 2.42 bits per heavy atom. The van der Waals surface area contributed by atoms with Gasteiger partial charge in [-0.2, -0.15) is 0 Å². The predicted octanol–water partition coefficient (Wildman–Crippen LogP) is 8.45. The molecule has 0 spiro atoms. The molecule has 0 radical (unpaired) electrons.